The summed E-state index contributed by atoms with van der Waals surface area (Å²) in [6, 6.07) is 38.5. The number of hydrogen-bond acceptors (Lipinski definition) is 3. The Bertz CT molecular complexity index is 1390. The Kier molecular flexibility index (Phi) is 8.06. The Balaban J connectivity index is 1.04. The van der Waals surface area contributed by atoms with Crippen LogP contribution in [0.5, 0.6) is 0 Å². The van der Waals surface area contributed by atoms with Crippen molar-refractivity contribution < 1.29 is 4.79 Å². The average Bonchev–Trinajstić information content (AvgIpc) is 3.33. The highest BCUT2D eigenvalue weighted by Crippen LogP contribution is 2.30. The van der Waals surface area contributed by atoms with E-state index in [9.17, 15) is 4.79 Å². The van der Waals surface area contributed by atoms with Gasteiger partial charge in [0, 0.05) is 56.4 Å². The van der Waals surface area contributed by atoms with Crippen molar-refractivity contribution in [3.63, 3.8) is 0 Å². The molecule has 0 atom stereocenters. The molecule has 0 unspecified atom stereocenters. The van der Waals surface area contributed by atoms with E-state index in [0.717, 1.165) is 55.8 Å². The molecule has 0 spiro atoms. The highest BCUT2D eigenvalue weighted by molar-refractivity contribution is 5.99. The first-order valence-corrected chi connectivity index (χ1v) is 14.5. The fourth-order valence-corrected chi connectivity index (χ4v) is 6.01. The fourth-order valence-electron chi connectivity index (χ4n) is 6.01. The number of carbonyl (C=O) groups excluding carboxylic acids is 1. The maximum Gasteiger partial charge on any atom is 0.254 e. The number of nitrogens with zero attached hydrogens (tertiary/aromatic N) is 3. The van der Waals surface area contributed by atoms with Crippen molar-refractivity contribution in [3.05, 3.63) is 143 Å². The Morgan fingerprint density at radius 2 is 1.35 bits per heavy atom. The van der Waals surface area contributed by atoms with E-state index >= 15 is 0 Å². The summed E-state index contributed by atoms with van der Waals surface area (Å²) in [6.07, 6.45) is 5.28. The summed E-state index contributed by atoms with van der Waals surface area (Å²) in [5.41, 5.74) is 7.10. The van der Waals surface area contributed by atoms with Crippen LogP contribution >= 0.6 is 0 Å². The summed E-state index contributed by atoms with van der Waals surface area (Å²) in [5, 5.41) is 0. The summed E-state index contributed by atoms with van der Waals surface area (Å²) in [7, 11) is 0. The van der Waals surface area contributed by atoms with Gasteiger partial charge in [-0.25, -0.2) is 0 Å². The lowest BCUT2D eigenvalue weighted by atomic mass is 9.88. The number of amides is 1. The van der Waals surface area contributed by atoms with E-state index in [1.165, 1.54) is 16.8 Å². The zero-order chi connectivity index (χ0) is 27.1. The molecule has 0 saturated carbocycles. The van der Waals surface area contributed by atoms with E-state index in [1.54, 1.807) is 0 Å². The van der Waals surface area contributed by atoms with Crippen LogP contribution in [0.4, 0.5) is 5.69 Å². The van der Waals surface area contributed by atoms with Crippen molar-refractivity contribution in [2.75, 3.05) is 44.2 Å². The lowest BCUT2D eigenvalue weighted by molar-refractivity contribution is 0.0796. The van der Waals surface area contributed by atoms with Crippen LogP contribution in [0.2, 0.25) is 0 Å². The topological polar surface area (TPSA) is 26.8 Å². The van der Waals surface area contributed by atoms with Gasteiger partial charge in [-0.2, -0.15) is 0 Å². The molecule has 2 aliphatic rings. The smallest absolute Gasteiger partial charge is 0.254 e. The third-order valence-electron chi connectivity index (χ3n) is 8.28. The van der Waals surface area contributed by atoms with Crippen LogP contribution in [-0.4, -0.2) is 55.0 Å². The second kappa shape index (κ2) is 12.4. The van der Waals surface area contributed by atoms with Gasteiger partial charge in [0.1, 0.15) is 0 Å². The summed E-state index contributed by atoms with van der Waals surface area (Å²) in [6.45, 7) is 6.44. The van der Waals surface area contributed by atoms with E-state index in [-0.39, 0.29) is 5.91 Å². The van der Waals surface area contributed by atoms with Crippen LogP contribution in [0, 0.1) is 0 Å². The van der Waals surface area contributed by atoms with Crippen molar-refractivity contribution in [2.24, 2.45) is 0 Å². The molecule has 2 aliphatic heterocycles. The number of anilines is 1. The third-order valence-corrected chi connectivity index (χ3v) is 8.28. The normalized spacial score (nSPS) is 15.8. The SMILES string of the molecule is O=C1c2cc(N3CCN(CCC(c4ccccc4)c4ccccc4)CC3)ccc2CN1C/C=C/c1ccccc1. The molecule has 2 heterocycles. The predicted octanol–water partition coefficient (Wildman–Crippen LogP) is 6.70. The van der Waals surface area contributed by atoms with E-state index in [1.807, 2.05) is 23.1 Å². The van der Waals surface area contributed by atoms with E-state index in [2.05, 4.69) is 113 Å². The minimum absolute atomic E-state index is 0.140. The highest BCUT2D eigenvalue weighted by atomic mass is 16.2. The van der Waals surface area contributed by atoms with E-state index in [0.29, 0.717) is 19.0 Å². The van der Waals surface area contributed by atoms with Crippen molar-refractivity contribution in [3.8, 4) is 0 Å². The minimum Gasteiger partial charge on any atom is -0.369 e. The highest BCUT2D eigenvalue weighted by Gasteiger charge is 2.28. The van der Waals surface area contributed by atoms with Crippen LogP contribution in [0.15, 0.2) is 115 Å². The zero-order valence-electron chi connectivity index (χ0n) is 23.0. The Labute approximate surface area is 238 Å². The molecule has 0 radical (unpaired) electrons. The molecule has 6 rings (SSSR count). The number of piperazine rings is 1. The second-order valence-electron chi connectivity index (χ2n) is 10.8. The summed E-state index contributed by atoms with van der Waals surface area (Å²) >= 11 is 0. The summed E-state index contributed by atoms with van der Waals surface area (Å²) < 4.78 is 0. The first-order chi connectivity index (χ1) is 19.7. The standard InChI is InChI=1S/C36H37N3O/c40-36-35-27-33(19-18-32(35)28-39(36)21-10-13-29-11-4-1-5-12-29)38-25-23-37(24-26-38)22-20-34(30-14-6-2-7-15-30)31-16-8-3-9-17-31/h1-19,27,34H,20-26,28H2/b13-10+. The van der Waals surface area contributed by atoms with Gasteiger partial charge in [0.15, 0.2) is 0 Å². The van der Waals surface area contributed by atoms with Gasteiger partial charge >= 0.3 is 0 Å². The first-order valence-electron chi connectivity index (χ1n) is 14.5. The monoisotopic (exact) mass is 527 g/mol. The molecule has 202 valence electrons. The first kappa shape index (κ1) is 26.1. The molecule has 40 heavy (non-hydrogen) atoms. The molecule has 0 aliphatic carbocycles. The van der Waals surface area contributed by atoms with Gasteiger partial charge in [-0.05, 0) is 47.4 Å². The zero-order valence-corrected chi connectivity index (χ0v) is 23.0. The van der Waals surface area contributed by atoms with Gasteiger partial charge in [0.05, 0.1) is 0 Å². The second-order valence-corrected chi connectivity index (χ2v) is 10.8. The number of carbonyl (C=O) groups is 1. The number of fused-ring (bicyclic) bond motifs is 1. The van der Waals surface area contributed by atoms with E-state index < -0.39 is 0 Å². The van der Waals surface area contributed by atoms with Crippen LogP contribution in [0.25, 0.3) is 6.08 Å². The summed E-state index contributed by atoms with van der Waals surface area (Å²) in [4.78, 5) is 20.1. The number of rotatable bonds is 9. The molecule has 4 aromatic rings. The van der Waals surface area contributed by atoms with Gasteiger partial charge in [0.25, 0.3) is 5.91 Å². The van der Waals surface area contributed by atoms with Crippen molar-refractivity contribution in [2.45, 2.75) is 18.9 Å². The molecule has 4 aromatic carbocycles. The average molecular weight is 528 g/mol. The quantitative estimate of drug-likeness (QED) is 0.242. The van der Waals surface area contributed by atoms with E-state index in [4.69, 9.17) is 0 Å². The molecule has 4 heteroatoms. The molecule has 4 nitrogen and oxygen atoms in total. The largest absolute Gasteiger partial charge is 0.369 e. The van der Waals surface area contributed by atoms with Crippen molar-refractivity contribution >= 4 is 17.7 Å². The van der Waals surface area contributed by atoms with Crippen molar-refractivity contribution in [1.29, 1.82) is 0 Å². The maximum atomic E-state index is 13.2. The van der Waals surface area contributed by atoms with Gasteiger partial charge in [0.2, 0.25) is 0 Å². The lowest BCUT2D eigenvalue weighted by Gasteiger charge is -2.37. The third kappa shape index (κ3) is 6.03. The molecule has 0 bridgehead atoms. The van der Waals surface area contributed by atoms with Crippen LogP contribution in [0.3, 0.4) is 0 Å². The minimum atomic E-state index is 0.140. The molecule has 0 N–H and O–H groups in total. The fraction of sp³-hybridized carbons (Fsp3) is 0.250. The molecule has 1 amide bonds. The predicted molar refractivity (Wildman–Crippen MR) is 165 cm³/mol. The maximum absolute atomic E-state index is 13.2. The molecular formula is C36H37N3O. The number of hydrogen-bond donors (Lipinski definition) is 0. The Morgan fingerprint density at radius 1 is 0.725 bits per heavy atom. The number of benzene rings is 4. The van der Waals surface area contributed by atoms with Gasteiger partial charge in [-0.3, -0.25) is 9.69 Å². The van der Waals surface area contributed by atoms with Crippen LogP contribution in [-0.2, 0) is 6.54 Å². The van der Waals surface area contributed by atoms with Crippen molar-refractivity contribution in [1.82, 2.24) is 9.80 Å². The molecule has 1 saturated heterocycles. The molecule has 1 fully saturated rings. The molecule has 0 aromatic heterocycles. The lowest BCUT2D eigenvalue weighted by Crippen LogP contribution is -2.46. The Hall–Kier alpha value is -4.15. The van der Waals surface area contributed by atoms with Crippen LogP contribution < -0.4 is 4.90 Å². The molecular weight excluding hydrogens is 490 g/mol. The van der Waals surface area contributed by atoms with Gasteiger partial charge in [-0.1, -0.05) is 109 Å². The summed E-state index contributed by atoms with van der Waals surface area (Å²) in [5.74, 6) is 0.551. The van der Waals surface area contributed by atoms with Gasteiger partial charge in [-0.15, -0.1) is 0 Å². The van der Waals surface area contributed by atoms with Gasteiger partial charge < -0.3 is 9.80 Å². The Morgan fingerprint density at radius 3 is 2.00 bits per heavy atom. The van der Waals surface area contributed by atoms with Crippen LogP contribution in [0.1, 0.15) is 45.0 Å².